The molecule has 10 rings (SSSR count). The Kier molecular flexibility index (Phi) is 6.45. The molecular formula is C47H32N2S. The molecule has 0 atom stereocenters. The fourth-order valence-corrected chi connectivity index (χ4v) is 9.25. The van der Waals surface area contributed by atoms with E-state index in [1.165, 1.54) is 69.3 Å². The lowest BCUT2D eigenvalue weighted by Crippen LogP contribution is -2.26. The summed E-state index contributed by atoms with van der Waals surface area (Å²) >= 11 is 1.88. The normalized spacial score (nSPS) is 12.6. The second-order valence-corrected chi connectivity index (χ2v) is 14.0. The van der Waals surface area contributed by atoms with Crippen LogP contribution in [0.4, 0.5) is 0 Å². The van der Waals surface area contributed by atoms with Crippen LogP contribution in [0.2, 0.25) is 0 Å². The summed E-state index contributed by atoms with van der Waals surface area (Å²) in [6.45, 7) is 6.67. The Hall–Kier alpha value is -6.16. The maximum atomic E-state index is 4.61. The summed E-state index contributed by atoms with van der Waals surface area (Å²) < 4.78 is 7.41. The van der Waals surface area contributed by atoms with Gasteiger partial charge >= 0.3 is 0 Å². The van der Waals surface area contributed by atoms with E-state index in [1.54, 1.807) is 0 Å². The zero-order valence-corrected chi connectivity index (χ0v) is 28.4. The topological polar surface area (TPSA) is 9.86 Å². The van der Waals surface area contributed by atoms with Gasteiger partial charge in [-0.25, -0.2) is 0 Å². The van der Waals surface area contributed by atoms with E-state index in [-0.39, 0.29) is 0 Å². The SMILES string of the molecule is C=c1/c(=C\C=C/C)c2c3ccc4c5ccccc5n(-c5ccc(-c6cccc7c6sc6ccccc67)cc5)c4c3ccc2n1-c1ccccc1. The third-order valence-electron chi connectivity index (χ3n) is 10.2. The van der Waals surface area contributed by atoms with E-state index < -0.39 is 0 Å². The molecule has 0 spiro atoms. The number of rotatable bonds is 4. The van der Waals surface area contributed by atoms with E-state index in [0.717, 1.165) is 27.5 Å². The van der Waals surface area contributed by atoms with E-state index >= 15 is 0 Å². The van der Waals surface area contributed by atoms with Gasteiger partial charge in [0.25, 0.3) is 0 Å². The Labute approximate surface area is 293 Å². The minimum absolute atomic E-state index is 0.988. The molecule has 0 saturated carbocycles. The average Bonchev–Trinajstić information content (AvgIpc) is 3.81. The molecule has 0 aliphatic rings. The quantitative estimate of drug-likeness (QED) is 0.178. The van der Waals surface area contributed by atoms with Gasteiger partial charge in [-0.05, 0) is 65.9 Å². The number of allylic oxidation sites excluding steroid dienone is 2. The van der Waals surface area contributed by atoms with E-state index in [0.29, 0.717) is 0 Å². The minimum atomic E-state index is 0.988. The highest BCUT2D eigenvalue weighted by molar-refractivity contribution is 7.26. The number of hydrogen-bond acceptors (Lipinski definition) is 1. The van der Waals surface area contributed by atoms with Crippen molar-refractivity contribution in [2.45, 2.75) is 6.92 Å². The predicted molar refractivity (Wildman–Crippen MR) is 217 cm³/mol. The van der Waals surface area contributed by atoms with Gasteiger partial charge in [-0.15, -0.1) is 11.3 Å². The van der Waals surface area contributed by atoms with Crippen LogP contribution in [0.25, 0.3) is 98.8 Å². The zero-order valence-electron chi connectivity index (χ0n) is 27.6. The smallest absolute Gasteiger partial charge is 0.0619 e. The molecule has 3 heterocycles. The van der Waals surface area contributed by atoms with Crippen molar-refractivity contribution in [2.24, 2.45) is 0 Å². The molecule has 0 saturated heterocycles. The fourth-order valence-electron chi connectivity index (χ4n) is 8.01. The summed E-state index contributed by atoms with van der Waals surface area (Å²) in [7, 11) is 0. The Morgan fingerprint density at radius 2 is 1.22 bits per heavy atom. The summed E-state index contributed by atoms with van der Waals surface area (Å²) in [5.41, 5.74) is 8.36. The van der Waals surface area contributed by atoms with E-state index in [4.69, 9.17) is 0 Å². The number of aromatic nitrogens is 2. The Bertz CT molecular complexity index is 3100. The van der Waals surface area contributed by atoms with Gasteiger partial charge in [0.2, 0.25) is 0 Å². The molecule has 2 nitrogen and oxygen atoms in total. The van der Waals surface area contributed by atoms with Crippen molar-refractivity contribution in [3.63, 3.8) is 0 Å². The molecule has 0 aliphatic heterocycles. The lowest BCUT2D eigenvalue weighted by atomic mass is 10.0. The molecular weight excluding hydrogens is 625 g/mol. The van der Waals surface area contributed by atoms with Crippen molar-refractivity contribution in [2.75, 3.05) is 0 Å². The van der Waals surface area contributed by atoms with Crippen molar-refractivity contribution < 1.29 is 0 Å². The van der Waals surface area contributed by atoms with Gasteiger partial charge < -0.3 is 9.13 Å². The number of hydrogen-bond donors (Lipinski definition) is 0. The first kappa shape index (κ1) is 28.8. The van der Waals surface area contributed by atoms with Crippen LogP contribution in [0.15, 0.2) is 158 Å². The molecule has 0 amide bonds. The Balaban J connectivity index is 1.24. The van der Waals surface area contributed by atoms with Crippen molar-refractivity contribution in [1.29, 1.82) is 0 Å². The van der Waals surface area contributed by atoms with Crippen molar-refractivity contribution in [3.05, 3.63) is 168 Å². The molecule has 50 heavy (non-hydrogen) atoms. The molecule has 0 unspecified atom stereocenters. The summed E-state index contributed by atoms with van der Waals surface area (Å²) in [6.07, 6.45) is 6.41. The number of nitrogens with zero attached hydrogens (tertiary/aromatic N) is 2. The second-order valence-electron chi connectivity index (χ2n) is 12.9. The summed E-state index contributed by atoms with van der Waals surface area (Å²) in [5.74, 6) is 0. The van der Waals surface area contributed by atoms with E-state index in [2.05, 4.69) is 186 Å². The van der Waals surface area contributed by atoms with Crippen LogP contribution in [-0.2, 0) is 0 Å². The number of benzene rings is 7. The van der Waals surface area contributed by atoms with E-state index in [9.17, 15) is 0 Å². The Morgan fingerprint density at radius 3 is 2.06 bits per heavy atom. The largest absolute Gasteiger partial charge is 0.310 e. The predicted octanol–water partition coefficient (Wildman–Crippen LogP) is 11.7. The van der Waals surface area contributed by atoms with Crippen LogP contribution >= 0.6 is 11.3 Å². The molecule has 10 aromatic rings. The maximum Gasteiger partial charge on any atom is 0.0619 e. The minimum Gasteiger partial charge on any atom is -0.310 e. The molecule has 0 N–H and O–H groups in total. The summed E-state index contributed by atoms with van der Waals surface area (Å²) in [6, 6.07) is 53.1. The van der Waals surface area contributed by atoms with Gasteiger partial charge in [-0.1, -0.05) is 128 Å². The molecule has 236 valence electrons. The van der Waals surface area contributed by atoms with Crippen LogP contribution in [0, 0.1) is 0 Å². The highest BCUT2D eigenvalue weighted by Gasteiger charge is 2.19. The molecule has 0 radical (unpaired) electrons. The van der Waals surface area contributed by atoms with Crippen LogP contribution in [-0.4, -0.2) is 9.13 Å². The molecule has 0 aliphatic carbocycles. The lowest BCUT2D eigenvalue weighted by molar-refractivity contribution is 1.07. The van der Waals surface area contributed by atoms with Crippen molar-refractivity contribution in [1.82, 2.24) is 9.13 Å². The number of fused-ring (bicyclic) bond motifs is 10. The van der Waals surface area contributed by atoms with Crippen molar-refractivity contribution in [3.8, 4) is 22.5 Å². The van der Waals surface area contributed by atoms with Crippen LogP contribution in [0.3, 0.4) is 0 Å². The molecule has 0 bridgehead atoms. The molecule has 3 aromatic heterocycles. The standard InChI is InChI=1S/C47H32N2S/c1-3-4-15-34-30(2)48(32-13-6-5-7-14-32)43-29-28-40-38(45(34)43)26-27-39-36-16-8-10-20-42(36)49(46(39)40)33-24-22-31(23-25-33)35-18-12-19-41-37-17-9-11-21-44(37)50-47(35)41/h3-29H,2H2,1H3/b4-3-,34-15+. The molecule has 0 fully saturated rings. The third kappa shape index (κ3) is 4.14. The number of para-hydroxylation sites is 2. The first-order chi connectivity index (χ1) is 24.7. The van der Waals surface area contributed by atoms with Gasteiger partial charge in [0.15, 0.2) is 0 Å². The van der Waals surface area contributed by atoms with Gasteiger partial charge in [-0.3, -0.25) is 0 Å². The number of thiophene rings is 1. The fraction of sp³-hybridized carbons (Fsp3) is 0.0213. The first-order valence-electron chi connectivity index (χ1n) is 17.1. The zero-order chi connectivity index (χ0) is 33.3. The Morgan fingerprint density at radius 1 is 0.540 bits per heavy atom. The summed E-state index contributed by atoms with van der Waals surface area (Å²) in [4.78, 5) is 0. The average molecular weight is 657 g/mol. The highest BCUT2D eigenvalue weighted by atomic mass is 32.1. The highest BCUT2D eigenvalue weighted by Crippen LogP contribution is 2.41. The van der Waals surface area contributed by atoms with E-state index in [1.807, 2.05) is 11.3 Å². The van der Waals surface area contributed by atoms with Gasteiger partial charge in [-0.2, -0.15) is 0 Å². The van der Waals surface area contributed by atoms with Crippen LogP contribution in [0.1, 0.15) is 6.92 Å². The van der Waals surface area contributed by atoms with Crippen LogP contribution in [0.5, 0.6) is 0 Å². The third-order valence-corrected chi connectivity index (χ3v) is 11.4. The molecule has 7 aromatic carbocycles. The lowest BCUT2D eigenvalue weighted by Gasteiger charge is -2.12. The first-order valence-corrected chi connectivity index (χ1v) is 17.9. The maximum absolute atomic E-state index is 4.61. The van der Waals surface area contributed by atoms with Crippen molar-refractivity contribution >= 4 is 87.6 Å². The summed E-state index contributed by atoms with van der Waals surface area (Å²) in [5, 5.41) is 11.0. The molecule has 3 heteroatoms. The van der Waals surface area contributed by atoms with Gasteiger partial charge in [0.05, 0.1) is 16.6 Å². The van der Waals surface area contributed by atoms with Gasteiger partial charge in [0, 0.05) is 63.7 Å². The monoisotopic (exact) mass is 656 g/mol. The second kappa shape index (κ2) is 11.2. The van der Waals surface area contributed by atoms with Crippen LogP contribution < -0.4 is 10.6 Å². The van der Waals surface area contributed by atoms with Gasteiger partial charge in [0.1, 0.15) is 0 Å².